The average Bonchev–Trinajstić information content (AvgIpc) is 3.28. The fourth-order valence-electron chi connectivity index (χ4n) is 10.8. The summed E-state index contributed by atoms with van der Waals surface area (Å²) in [7, 11) is 0. The van der Waals surface area contributed by atoms with Crippen molar-refractivity contribution in [2.24, 2.45) is 11.8 Å². The minimum atomic E-state index is -4.83. The first kappa shape index (κ1) is 51.0. The lowest BCUT2D eigenvalue weighted by atomic mass is 9.78. The van der Waals surface area contributed by atoms with Crippen molar-refractivity contribution < 1.29 is 72.4 Å². The Labute approximate surface area is 386 Å². The summed E-state index contributed by atoms with van der Waals surface area (Å²) in [5.74, 6) is -0.227. The van der Waals surface area contributed by atoms with Gasteiger partial charge in [-0.15, -0.1) is 26.3 Å². The molecule has 4 unspecified atom stereocenters. The molecule has 6 nitrogen and oxygen atoms in total. The fourth-order valence-corrected chi connectivity index (χ4v) is 10.8. The van der Waals surface area contributed by atoms with E-state index in [0.29, 0.717) is 59.3 Å². The van der Waals surface area contributed by atoms with Crippen LogP contribution in [0.15, 0.2) is 84.9 Å². The van der Waals surface area contributed by atoms with Crippen LogP contribution < -0.4 is 19.3 Å². The molecule has 0 bridgehead atoms. The molecule has 0 spiro atoms. The Kier molecular flexibility index (Phi) is 15.8. The van der Waals surface area contributed by atoms with Gasteiger partial charge < -0.3 is 29.5 Å². The van der Waals surface area contributed by atoms with Gasteiger partial charge in [0.15, 0.2) is 12.2 Å². The molecule has 4 aromatic rings. The normalized spacial score (nSPS) is 20.7. The predicted octanol–water partition coefficient (Wildman–Crippen LogP) is 13.8. The Morgan fingerprint density at radius 1 is 0.471 bits per heavy atom. The van der Waals surface area contributed by atoms with Gasteiger partial charge >= 0.3 is 25.1 Å². The van der Waals surface area contributed by atoms with Crippen molar-refractivity contribution in [2.75, 3.05) is 22.9 Å². The minimum absolute atomic E-state index is 0.125. The summed E-state index contributed by atoms with van der Waals surface area (Å²) < 4.78 is 164. The monoisotopic (exact) mass is 974 g/mol. The molecule has 18 heteroatoms. The molecule has 0 radical (unpaired) electrons. The number of alkyl halides is 12. The van der Waals surface area contributed by atoms with E-state index < -0.39 is 50.4 Å². The van der Waals surface area contributed by atoms with Crippen molar-refractivity contribution in [2.45, 2.75) is 139 Å². The van der Waals surface area contributed by atoms with Crippen LogP contribution in [0.5, 0.6) is 11.5 Å². The van der Waals surface area contributed by atoms with E-state index in [0.717, 1.165) is 75.3 Å². The lowest BCUT2D eigenvalue weighted by molar-refractivity contribution is -0.275. The van der Waals surface area contributed by atoms with E-state index in [1.807, 2.05) is 0 Å². The molecule has 0 aromatic heterocycles. The van der Waals surface area contributed by atoms with Crippen LogP contribution in [0.3, 0.4) is 0 Å². The molecule has 4 atom stereocenters. The zero-order valence-electron chi connectivity index (χ0n) is 37.0. The van der Waals surface area contributed by atoms with E-state index in [1.54, 1.807) is 58.3 Å². The van der Waals surface area contributed by atoms with Gasteiger partial charge in [0.25, 0.3) is 0 Å². The molecule has 8 rings (SSSR count). The lowest BCUT2D eigenvalue weighted by Gasteiger charge is -2.45. The lowest BCUT2D eigenvalue weighted by Crippen LogP contribution is -2.51. The Hall–Kier alpha value is -4.84. The molecule has 4 aromatic carbocycles. The largest absolute Gasteiger partial charge is 0.573 e. The summed E-state index contributed by atoms with van der Waals surface area (Å²) in [5.41, 5.74) is 5.03. The number of aliphatic hydroxyl groups is 2. The van der Waals surface area contributed by atoms with Crippen LogP contribution in [0.25, 0.3) is 22.3 Å². The van der Waals surface area contributed by atoms with E-state index in [2.05, 4.69) is 9.47 Å². The number of anilines is 2. The van der Waals surface area contributed by atoms with E-state index in [1.165, 1.54) is 36.4 Å². The van der Waals surface area contributed by atoms with E-state index in [4.69, 9.17) is 0 Å². The van der Waals surface area contributed by atoms with E-state index in [-0.39, 0.29) is 35.4 Å². The van der Waals surface area contributed by atoms with Crippen LogP contribution >= 0.6 is 0 Å². The summed E-state index contributed by atoms with van der Waals surface area (Å²) in [4.78, 5) is 3.37. The van der Waals surface area contributed by atoms with Crippen LogP contribution in [0.4, 0.5) is 64.1 Å². The molecule has 2 saturated carbocycles. The first-order valence-corrected chi connectivity index (χ1v) is 23.0. The van der Waals surface area contributed by atoms with Gasteiger partial charge in [0, 0.05) is 23.5 Å². The number of hydrogen-bond acceptors (Lipinski definition) is 6. The van der Waals surface area contributed by atoms with Gasteiger partial charge in [0.1, 0.15) is 11.5 Å². The molecule has 0 amide bonds. The summed E-state index contributed by atoms with van der Waals surface area (Å²) in [5, 5.41) is 19.8. The van der Waals surface area contributed by atoms with Crippen molar-refractivity contribution in [1.29, 1.82) is 0 Å². The van der Waals surface area contributed by atoms with Crippen LogP contribution in [0.2, 0.25) is 0 Å². The smallest absolute Gasteiger partial charge is 0.406 e. The van der Waals surface area contributed by atoms with Crippen molar-refractivity contribution in [3.63, 3.8) is 0 Å². The molecule has 2 fully saturated rings. The Bertz CT molecular complexity index is 2130. The molecule has 68 heavy (non-hydrogen) atoms. The number of hydrogen-bond donors (Lipinski definition) is 2. The molecule has 372 valence electrons. The maximum Gasteiger partial charge on any atom is 0.573 e. The second kappa shape index (κ2) is 21.0. The standard InChI is InChI=1S/2C25H27F6NO2/c2*26-24(27,28)23(33)15-32-21(16-6-2-1-3-7-16)13-12-20-19(10-5-11-22(20)32)17-8-4-9-18(14-17)34-25(29,30)31/h2*4-5,8-11,14,16,21,23,33H,1-3,6-7,12-13,15H2. The number of fused-ring (bicyclic) bond motifs is 2. The number of halogens is 12. The van der Waals surface area contributed by atoms with Gasteiger partial charge in [-0.25, -0.2) is 0 Å². The van der Waals surface area contributed by atoms with Gasteiger partial charge in [0.05, 0.1) is 13.1 Å². The van der Waals surface area contributed by atoms with Crippen LogP contribution in [0, 0.1) is 11.8 Å². The van der Waals surface area contributed by atoms with Gasteiger partial charge in [-0.3, -0.25) is 0 Å². The van der Waals surface area contributed by atoms with Gasteiger partial charge in [-0.05, 0) is 133 Å². The maximum atomic E-state index is 13.3. The molecule has 2 heterocycles. The summed E-state index contributed by atoms with van der Waals surface area (Å²) in [6, 6.07) is 21.3. The highest BCUT2D eigenvalue weighted by Gasteiger charge is 2.45. The number of ether oxygens (including phenoxy) is 2. The molecule has 4 aliphatic rings. The van der Waals surface area contributed by atoms with Gasteiger partial charge in [0.2, 0.25) is 0 Å². The number of β-amino-alcohol motifs (C(OH)–C–C–N with tert-alkyl or cyclic N) is 2. The van der Waals surface area contributed by atoms with Crippen LogP contribution in [-0.2, 0) is 12.8 Å². The average molecular weight is 975 g/mol. The molecule has 2 N–H and O–H groups in total. The van der Waals surface area contributed by atoms with Crippen molar-refractivity contribution in [3.8, 4) is 33.8 Å². The number of aliphatic hydroxyl groups excluding tert-OH is 2. The van der Waals surface area contributed by atoms with Crippen molar-refractivity contribution >= 4 is 11.4 Å². The highest BCUT2D eigenvalue weighted by Crippen LogP contribution is 2.45. The summed E-state index contributed by atoms with van der Waals surface area (Å²) >= 11 is 0. The Balaban J connectivity index is 0.000000201. The third-order valence-corrected chi connectivity index (χ3v) is 13.7. The minimum Gasteiger partial charge on any atom is -0.406 e. The molecule has 2 aliphatic heterocycles. The third-order valence-electron chi connectivity index (χ3n) is 13.7. The maximum absolute atomic E-state index is 13.3. The molecule has 2 aliphatic carbocycles. The quantitative estimate of drug-likeness (QED) is 0.154. The second-order valence-electron chi connectivity index (χ2n) is 18.2. The molecular formula is C50H54F12N2O4. The predicted molar refractivity (Wildman–Crippen MR) is 233 cm³/mol. The van der Waals surface area contributed by atoms with Gasteiger partial charge in [-0.1, -0.05) is 87.1 Å². The third kappa shape index (κ3) is 12.9. The fraction of sp³-hybridized carbons (Fsp3) is 0.520. The van der Waals surface area contributed by atoms with Crippen molar-refractivity contribution in [3.05, 3.63) is 96.1 Å². The summed E-state index contributed by atoms with van der Waals surface area (Å²) in [6.45, 7) is -1.14. The second-order valence-corrected chi connectivity index (χ2v) is 18.2. The van der Waals surface area contributed by atoms with Gasteiger partial charge in [-0.2, -0.15) is 26.3 Å². The Morgan fingerprint density at radius 2 is 0.824 bits per heavy atom. The topological polar surface area (TPSA) is 65.4 Å². The first-order valence-electron chi connectivity index (χ1n) is 23.0. The van der Waals surface area contributed by atoms with E-state index >= 15 is 0 Å². The highest BCUT2D eigenvalue weighted by atomic mass is 19.4. The zero-order valence-corrected chi connectivity index (χ0v) is 37.0. The van der Waals surface area contributed by atoms with E-state index in [9.17, 15) is 62.9 Å². The van der Waals surface area contributed by atoms with Crippen molar-refractivity contribution in [1.82, 2.24) is 0 Å². The number of nitrogens with zero attached hydrogens (tertiary/aromatic N) is 2. The highest BCUT2D eigenvalue weighted by molar-refractivity contribution is 5.78. The summed E-state index contributed by atoms with van der Waals surface area (Å²) in [6.07, 6.45) is -11.5. The Morgan fingerprint density at radius 3 is 1.16 bits per heavy atom. The van der Waals surface area contributed by atoms with Crippen LogP contribution in [-0.4, -0.2) is 72.7 Å². The number of rotatable bonds is 10. The zero-order chi connectivity index (χ0) is 49.0. The van der Waals surface area contributed by atoms with Crippen LogP contribution in [0.1, 0.15) is 88.2 Å². The SMILES string of the molecule is OC(CN1c2cccc(-c3cccc(OC(F)(F)F)c3)c2CCC1C1CCCCC1)C(F)(F)F.OC(CN1c2cccc(-c3cccc(OC(F)(F)F)c3)c2CCC1C1CCCCC1)C(F)(F)F. The molecule has 0 saturated heterocycles. The first-order chi connectivity index (χ1) is 32.1. The molecular weight excluding hydrogens is 921 g/mol. The number of benzene rings is 4.